The molecule has 0 bridgehead atoms. The highest BCUT2D eigenvalue weighted by atomic mass is 35.5. The van der Waals surface area contributed by atoms with Crippen molar-refractivity contribution < 1.29 is 17.9 Å². The number of halogens is 4. The van der Waals surface area contributed by atoms with Crippen molar-refractivity contribution in [1.29, 1.82) is 0 Å². The Balaban J connectivity index is 0.00000220. The molecule has 3 nitrogen and oxygen atoms in total. The predicted octanol–water partition coefficient (Wildman–Crippen LogP) is 3.18. The fraction of sp³-hybridized carbons (Fsp3) is 0.571. The van der Waals surface area contributed by atoms with Gasteiger partial charge in [-0.05, 0) is 36.6 Å². The molecule has 0 aliphatic carbocycles. The molecule has 1 aliphatic rings. The fourth-order valence-corrected chi connectivity index (χ4v) is 2.45. The highest BCUT2D eigenvalue weighted by Crippen LogP contribution is 2.23. The second-order valence-electron chi connectivity index (χ2n) is 5.36. The maximum atomic E-state index is 12.1. The number of benzene rings is 1. The summed E-state index contributed by atoms with van der Waals surface area (Å²) >= 11 is 0. The van der Waals surface area contributed by atoms with Crippen LogP contribution in [0.5, 0.6) is 5.75 Å². The predicted molar refractivity (Wildman–Crippen MR) is 77.4 cm³/mol. The van der Waals surface area contributed by atoms with Crippen LogP contribution in [0.15, 0.2) is 24.3 Å². The Morgan fingerprint density at radius 1 is 1.29 bits per heavy atom. The zero-order valence-corrected chi connectivity index (χ0v) is 12.6. The molecule has 1 saturated heterocycles. The molecule has 1 heterocycles. The number of nitrogens with two attached hydrogens (primary N) is 1. The van der Waals surface area contributed by atoms with E-state index in [1.165, 1.54) is 12.1 Å². The summed E-state index contributed by atoms with van der Waals surface area (Å²) in [5.41, 5.74) is 6.94. The molecule has 1 aromatic rings. The number of ether oxygens (including phenoxy) is 1. The summed E-state index contributed by atoms with van der Waals surface area (Å²) < 4.78 is 40.0. The lowest BCUT2D eigenvalue weighted by molar-refractivity contribution is -0.274. The van der Waals surface area contributed by atoms with Gasteiger partial charge in [-0.1, -0.05) is 19.1 Å². The van der Waals surface area contributed by atoms with Crippen LogP contribution in [0.4, 0.5) is 13.2 Å². The monoisotopic (exact) mass is 324 g/mol. The molecule has 0 amide bonds. The normalized spacial score (nSPS) is 23.5. The molecular weight excluding hydrogens is 305 g/mol. The summed E-state index contributed by atoms with van der Waals surface area (Å²) in [5.74, 6) is 0.256. The van der Waals surface area contributed by atoms with E-state index >= 15 is 0 Å². The first-order valence-electron chi connectivity index (χ1n) is 6.66. The van der Waals surface area contributed by atoms with E-state index in [0.29, 0.717) is 5.92 Å². The molecule has 2 unspecified atom stereocenters. The van der Waals surface area contributed by atoms with Crippen LogP contribution >= 0.6 is 12.4 Å². The highest BCUT2D eigenvalue weighted by molar-refractivity contribution is 5.85. The molecule has 120 valence electrons. The Morgan fingerprint density at radius 3 is 2.43 bits per heavy atom. The van der Waals surface area contributed by atoms with Crippen LogP contribution in [-0.2, 0) is 6.54 Å². The van der Waals surface area contributed by atoms with E-state index in [0.717, 1.165) is 31.6 Å². The first kappa shape index (κ1) is 18.1. The molecule has 21 heavy (non-hydrogen) atoms. The van der Waals surface area contributed by atoms with E-state index in [4.69, 9.17) is 5.73 Å². The van der Waals surface area contributed by atoms with Crippen LogP contribution in [0.25, 0.3) is 0 Å². The maximum Gasteiger partial charge on any atom is 0.573 e. The highest BCUT2D eigenvalue weighted by Gasteiger charge is 2.31. The lowest BCUT2D eigenvalue weighted by Crippen LogP contribution is -2.45. The van der Waals surface area contributed by atoms with Gasteiger partial charge >= 0.3 is 6.36 Å². The van der Waals surface area contributed by atoms with Crippen LogP contribution in [0.2, 0.25) is 0 Å². The average Bonchev–Trinajstić information content (AvgIpc) is 2.35. The van der Waals surface area contributed by atoms with Crippen molar-refractivity contribution in [3.05, 3.63) is 29.8 Å². The minimum atomic E-state index is -4.64. The fourth-order valence-electron chi connectivity index (χ4n) is 2.45. The van der Waals surface area contributed by atoms with E-state index in [9.17, 15) is 13.2 Å². The summed E-state index contributed by atoms with van der Waals surface area (Å²) in [6, 6.07) is 6.28. The van der Waals surface area contributed by atoms with E-state index < -0.39 is 6.36 Å². The van der Waals surface area contributed by atoms with E-state index in [1.807, 2.05) is 0 Å². The SMILES string of the molecule is CC1CN(Cc2ccc(OC(F)(F)F)cc2)CCC1N.Cl. The average molecular weight is 325 g/mol. The number of piperidine rings is 1. The van der Waals surface area contributed by atoms with Gasteiger partial charge in [-0.15, -0.1) is 25.6 Å². The zero-order chi connectivity index (χ0) is 14.8. The van der Waals surface area contributed by atoms with Gasteiger partial charge in [0.15, 0.2) is 0 Å². The third-order valence-corrected chi connectivity index (χ3v) is 3.62. The van der Waals surface area contributed by atoms with Gasteiger partial charge in [0.25, 0.3) is 0 Å². The number of nitrogens with zero attached hydrogens (tertiary/aromatic N) is 1. The van der Waals surface area contributed by atoms with Crippen molar-refractivity contribution >= 4 is 12.4 Å². The Hall–Kier alpha value is -0.980. The number of likely N-dealkylation sites (tertiary alicyclic amines) is 1. The summed E-state index contributed by atoms with van der Waals surface area (Å²) in [5, 5.41) is 0. The van der Waals surface area contributed by atoms with Gasteiger partial charge in [0.1, 0.15) is 5.75 Å². The van der Waals surface area contributed by atoms with E-state index in [-0.39, 0.29) is 24.2 Å². The van der Waals surface area contributed by atoms with Gasteiger partial charge in [-0.3, -0.25) is 4.90 Å². The summed E-state index contributed by atoms with van der Waals surface area (Å²) in [6.07, 6.45) is -3.68. The first-order valence-corrected chi connectivity index (χ1v) is 6.66. The molecule has 1 aromatic carbocycles. The van der Waals surface area contributed by atoms with E-state index in [2.05, 4.69) is 16.6 Å². The Bertz CT molecular complexity index is 439. The number of hydrogen-bond donors (Lipinski definition) is 1. The first-order chi connectivity index (χ1) is 9.33. The van der Waals surface area contributed by atoms with Gasteiger partial charge in [0.05, 0.1) is 0 Å². The molecule has 2 atom stereocenters. The standard InChI is InChI=1S/C14H19F3N2O.ClH/c1-10-8-19(7-6-13(10)18)9-11-2-4-12(5-3-11)20-14(15,16)17;/h2-5,10,13H,6-9,18H2,1H3;1H. The molecule has 2 N–H and O–H groups in total. The van der Waals surface area contributed by atoms with Crippen LogP contribution < -0.4 is 10.5 Å². The molecule has 0 spiro atoms. The van der Waals surface area contributed by atoms with Gasteiger partial charge in [-0.25, -0.2) is 0 Å². The van der Waals surface area contributed by atoms with Gasteiger partial charge in [0.2, 0.25) is 0 Å². The molecule has 2 rings (SSSR count). The smallest absolute Gasteiger partial charge is 0.406 e. The topological polar surface area (TPSA) is 38.5 Å². The van der Waals surface area contributed by atoms with Gasteiger partial charge in [0, 0.05) is 19.1 Å². The third-order valence-electron chi connectivity index (χ3n) is 3.62. The molecular formula is C14H20ClF3N2O. The Labute approximate surface area is 128 Å². The molecule has 1 fully saturated rings. The zero-order valence-electron chi connectivity index (χ0n) is 11.8. The van der Waals surface area contributed by atoms with Crippen LogP contribution in [0.3, 0.4) is 0 Å². The maximum absolute atomic E-state index is 12.1. The lowest BCUT2D eigenvalue weighted by Gasteiger charge is -2.35. The Morgan fingerprint density at radius 2 is 1.90 bits per heavy atom. The quantitative estimate of drug-likeness (QED) is 0.928. The van der Waals surface area contributed by atoms with Crippen molar-refractivity contribution in [3.8, 4) is 5.75 Å². The molecule has 0 aromatic heterocycles. The van der Waals surface area contributed by atoms with Crippen LogP contribution in [-0.4, -0.2) is 30.4 Å². The minimum Gasteiger partial charge on any atom is -0.406 e. The number of rotatable bonds is 3. The Kier molecular flexibility index (Phi) is 6.31. The lowest BCUT2D eigenvalue weighted by atomic mass is 9.94. The van der Waals surface area contributed by atoms with Gasteiger partial charge in [-0.2, -0.15) is 0 Å². The molecule has 0 saturated carbocycles. The number of alkyl halides is 3. The van der Waals surface area contributed by atoms with E-state index in [1.54, 1.807) is 12.1 Å². The second kappa shape index (κ2) is 7.33. The van der Waals surface area contributed by atoms with Crippen molar-refractivity contribution in [2.45, 2.75) is 32.3 Å². The summed E-state index contributed by atoms with van der Waals surface area (Å²) in [7, 11) is 0. The summed E-state index contributed by atoms with van der Waals surface area (Å²) in [6.45, 7) is 4.69. The minimum absolute atomic E-state index is 0. The van der Waals surface area contributed by atoms with Crippen molar-refractivity contribution in [1.82, 2.24) is 4.90 Å². The van der Waals surface area contributed by atoms with Crippen molar-refractivity contribution in [2.24, 2.45) is 11.7 Å². The van der Waals surface area contributed by atoms with Crippen LogP contribution in [0, 0.1) is 5.92 Å². The largest absolute Gasteiger partial charge is 0.573 e. The summed E-state index contributed by atoms with van der Waals surface area (Å²) in [4.78, 5) is 2.27. The van der Waals surface area contributed by atoms with Crippen LogP contribution in [0.1, 0.15) is 18.9 Å². The number of hydrogen-bond acceptors (Lipinski definition) is 3. The molecule has 7 heteroatoms. The van der Waals surface area contributed by atoms with Gasteiger partial charge < -0.3 is 10.5 Å². The molecule has 1 aliphatic heterocycles. The van der Waals surface area contributed by atoms with Crippen molar-refractivity contribution in [2.75, 3.05) is 13.1 Å². The second-order valence-corrected chi connectivity index (χ2v) is 5.36. The van der Waals surface area contributed by atoms with Crippen molar-refractivity contribution in [3.63, 3.8) is 0 Å². The molecule has 0 radical (unpaired) electrons. The third kappa shape index (κ3) is 5.73.